The number of nitrogens with one attached hydrogen (secondary N) is 2. The average Bonchev–Trinajstić information content (AvgIpc) is 2.91. The molecule has 0 radical (unpaired) electrons. The van der Waals surface area contributed by atoms with Gasteiger partial charge in [-0.15, -0.1) is 0 Å². The molecule has 0 bridgehead atoms. The number of amides is 1. The molecule has 1 unspecified atom stereocenters. The molecule has 1 aromatic rings. The predicted molar refractivity (Wildman–Crippen MR) is 102 cm³/mol. The van der Waals surface area contributed by atoms with Crippen molar-refractivity contribution in [2.24, 2.45) is 0 Å². The number of rotatable bonds is 4. The summed E-state index contributed by atoms with van der Waals surface area (Å²) < 4.78 is 5.98. The number of halogens is 1. The summed E-state index contributed by atoms with van der Waals surface area (Å²) in [5, 5.41) is 11.2. The van der Waals surface area contributed by atoms with Gasteiger partial charge in [0.25, 0.3) is 5.91 Å². The minimum Gasteiger partial charge on any atom is -0.359 e. The lowest BCUT2D eigenvalue weighted by Crippen LogP contribution is -2.33. The maximum atomic E-state index is 12.8. The van der Waals surface area contributed by atoms with Gasteiger partial charge in [-0.05, 0) is 54.1 Å². The summed E-state index contributed by atoms with van der Waals surface area (Å²) >= 11 is 3.21. The molecule has 2 fully saturated rings. The van der Waals surface area contributed by atoms with Gasteiger partial charge in [0.1, 0.15) is 16.5 Å². The van der Waals surface area contributed by atoms with E-state index in [1.165, 1.54) is 12.8 Å². The predicted octanol–water partition coefficient (Wildman–Crippen LogP) is 3.76. The Morgan fingerprint density at radius 2 is 2.00 bits per heavy atom. The van der Waals surface area contributed by atoms with Gasteiger partial charge in [0.05, 0.1) is 0 Å². The maximum absolute atomic E-state index is 12.8. The monoisotopic (exact) mass is 408 g/mol. The van der Waals surface area contributed by atoms with E-state index < -0.39 is 0 Å². The highest BCUT2D eigenvalue weighted by Gasteiger charge is 2.22. The first kappa shape index (κ1) is 18.3. The Balaban J connectivity index is 1.80. The zero-order valence-corrected chi connectivity index (χ0v) is 16.0. The van der Waals surface area contributed by atoms with Crippen molar-refractivity contribution >= 4 is 32.1 Å². The molecule has 2 aliphatic rings. The molecule has 2 saturated heterocycles. The van der Waals surface area contributed by atoms with Gasteiger partial charge in [0, 0.05) is 37.1 Å². The van der Waals surface area contributed by atoms with E-state index in [1.807, 2.05) is 4.90 Å². The molecule has 0 aliphatic carbocycles. The first-order valence-corrected chi connectivity index (χ1v) is 9.86. The fraction of sp³-hybridized carbons (Fsp3) is 0.611. The Hall–Kier alpha value is -1.47. The van der Waals surface area contributed by atoms with E-state index in [2.05, 4.69) is 26.2 Å². The van der Waals surface area contributed by atoms with Gasteiger partial charge in [-0.3, -0.25) is 15.2 Å². The van der Waals surface area contributed by atoms with Crippen LogP contribution < -0.4 is 5.32 Å². The van der Waals surface area contributed by atoms with Crippen molar-refractivity contribution in [3.8, 4) is 0 Å². The normalized spacial score (nSPS) is 21.5. The van der Waals surface area contributed by atoms with Gasteiger partial charge in [-0.25, -0.2) is 0 Å². The molecule has 2 aliphatic heterocycles. The number of likely N-dealkylation sites (tertiary alicyclic amines) is 1. The van der Waals surface area contributed by atoms with Crippen LogP contribution in [0.2, 0.25) is 0 Å². The molecular weight excluding hydrogens is 384 g/mol. The third-order valence-corrected chi connectivity index (χ3v) is 5.18. The number of aromatic nitrogens is 1. The molecule has 6 nitrogen and oxygen atoms in total. The Labute approximate surface area is 157 Å². The fourth-order valence-electron chi connectivity index (χ4n) is 3.33. The zero-order chi connectivity index (χ0) is 17.6. The average molecular weight is 409 g/mol. The second-order valence-electron chi connectivity index (χ2n) is 6.64. The van der Waals surface area contributed by atoms with Crippen molar-refractivity contribution in [1.82, 2.24) is 9.88 Å². The first-order valence-electron chi connectivity index (χ1n) is 9.07. The second kappa shape index (κ2) is 8.76. The standard InChI is InChI=1S/C18H25BrN4O2/c19-17(20)13-12-21-15(18(24)23-8-4-1-2-5-9-23)11-14(13)22-16-7-3-6-10-25-16/h11-12,16,20H,1-10H2,(H,21,22). The number of pyridine rings is 1. The van der Waals surface area contributed by atoms with Gasteiger partial charge < -0.3 is 15.0 Å². The van der Waals surface area contributed by atoms with E-state index in [0.29, 0.717) is 11.3 Å². The molecule has 2 N–H and O–H groups in total. The molecular formula is C18H25BrN4O2. The number of hydrogen-bond donors (Lipinski definition) is 2. The summed E-state index contributed by atoms with van der Waals surface area (Å²) in [6.45, 7) is 2.33. The van der Waals surface area contributed by atoms with Crippen molar-refractivity contribution in [2.75, 3.05) is 25.0 Å². The Bertz CT molecular complexity index is 624. The van der Waals surface area contributed by atoms with E-state index in [-0.39, 0.29) is 16.8 Å². The highest BCUT2D eigenvalue weighted by atomic mass is 79.9. The van der Waals surface area contributed by atoms with Crippen LogP contribution in [-0.2, 0) is 4.74 Å². The van der Waals surface area contributed by atoms with Crippen molar-refractivity contribution in [1.29, 1.82) is 5.41 Å². The number of carbonyl (C=O) groups excluding carboxylic acids is 1. The molecule has 136 valence electrons. The summed E-state index contributed by atoms with van der Waals surface area (Å²) in [4.78, 5) is 19.0. The van der Waals surface area contributed by atoms with Gasteiger partial charge in [0.2, 0.25) is 0 Å². The van der Waals surface area contributed by atoms with Crippen LogP contribution in [0.1, 0.15) is 61.0 Å². The van der Waals surface area contributed by atoms with Gasteiger partial charge in [0.15, 0.2) is 0 Å². The lowest BCUT2D eigenvalue weighted by Gasteiger charge is -2.26. The molecule has 1 atom stereocenters. The lowest BCUT2D eigenvalue weighted by molar-refractivity contribution is 0.0343. The number of carbonyl (C=O) groups is 1. The quantitative estimate of drug-likeness (QED) is 0.743. The fourth-order valence-corrected chi connectivity index (χ4v) is 3.65. The largest absolute Gasteiger partial charge is 0.359 e. The van der Waals surface area contributed by atoms with Crippen LogP contribution in [0.5, 0.6) is 0 Å². The molecule has 25 heavy (non-hydrogen) atoms. The third-order valence-electron chi connectivity index (χ3n) is 4.75. The second-order valence-corrected chi connectivity index (χ2v) is 7.43. The van der Waals surface area contributed by atoms with E-state index in [9.17, 15) is 4.79 Å². The SMILES string of the molecule is N=C(Br)c1cnc(C(=O)N2CCCCCC2)cc1NC1CCCCO1. The first-order chi connectivity index (χ1) is 12.1. The molecule has 3 rings (SSSR count). The van der Waals surface area contributed by atoms with Crippen LogP contribution in [0, 0.1) is 5.41 Å². The van der Waals surface area contributed by atoms with Gasteiger partial charge >= 0.3 is 0 Å². The van der Waals surface area contributed by atoms with E-state index in [0.717, 1.165) is 57.5 Å². The molecule has 3 heterocycles. The highest BCUT2D eigenvalue weighted by molar-refractivity contribution is 9.18. The van der Waals surface area contributed by atoms with Gasteiger partial charge in [-0.1, -0.05) is 12.8 Å². The van der Waals surface area contributed by atoms with Crippen molar-refractivity contribution in [3.05, 3.63) is 23.5 Å². The third kappa shape index (κ3) is 4.79. The minimum atomic E-state index is -0.0807. The summed E-state index contributed by atoms with van der Waals surface area (Å²) in [5.74, 6) is -0.0258. The number of anilines is 1. The van der Waals surface area contributed by atoms with Crippen LogP contribution in [0.3, 0.4) is 0 Å². The van der Waals surface area contributed by atoms with Crippen molar-refractivity contribution in [2.45, 2.75) is 51.2 Å². The maximum Gasteiger partial charge on any atom is 0.272 e. The van der Waals surface area contributed by atoms with Crippen LogP contribution in [-0.4, -0.2) is 46.3 Å². The Morgan fingerprint density at radius 3 is 2.64 bits per heavy atom. The van der Waals surface area contributed by atoms with Crippen molar-refractivity contribution in [3.63, 3.8) is 0 Å². The van der Waals surface area contributed by atoms with Crippen LogP contribution >= 0.6 is 15.9 Å². The summed E-state index contributed by atoms with van der Waals surface area (Å²) in [6.07, 6.45) is 9.10. The van der Waals surface area contributed by atoms with Crippen molar-refractivity contribution < 1.29 is 9.53 Å². The molecule has 1 amide bonds. The molecule has 1 aromatic heterocycles. The van der Waals surface area contributed by atoms with E-state index >= 15 is 0 Å². The highest BCUT2D eigenvalue weighted by Crippen LogP contribution is 2.24. The van der Waals surface area contributed by atoms with Crippen LogP contribution in [0.25, 0.3) is 0 Å². The topological polar surface area (TPSA) is 78.3 Å². The molecule has 0 saturated carbocycles. The number of hydrogen-bond acceptors (Lipinski definition) is 5. The minimum absolute atomic E-state index is 0.0258. The summed E-state index contributed by atoms with van der Waals surface area (Å²) in [5.41, 5.74) is 1.79. The van der Waals surface area contributed by atoms with E-state index in [4.69, 9.17) is 10.1 Å². The Kier molecular flexibility index (Phi) is 6.42. The number of ether oxygens (including phenoxy) is 1. The van der Waals surface area contributed by atoms with Crippen LogP contribution in [0.4, 0.5) is 5.69 Å². The molecule has 0 aromatic carbocycles. The summed E-state index contributed by atoms with van der Waals surface area (Å²) in [7, 11) is 0. The molecule has 7 heteroatoms. The van der Waals surface area contributed by atoms with Gasteiger partial charge in [-0.2, -0.15) is 0 Å². The lowest BCUT2D eigenvalue weighted by atomic mass is 10.1. The smallest absolute Gasteiger partial charge is 0.272 e. The zero-order valence-electron chi connectivity index (χ0n) is 14.4. The van der Waals surface area contributed by atoms with Crippen LogP contribution in [0.15, 0.2) is 12.3 Å². The summed E-state index contributed by atoms with van der Waals surface area (Å²) in [6, 6.07) is 1.76. The molecule has 0 spiro atoms. The van der Waals surface area contributed by atoms with E-state index in [1.54, 1.807) is 12.3 Å². The Morgan fingerprint density at radius 1 is 1.24 bits per heavy atom. The number of nitrogens with zero attached hydrogens (tertiary/aromatic N) is 2.